The lowest BCUT2D eigenvalue weighted by atomic mass is 10.2. The van der Waals surface area contributed by atoms with Gasteiger partial charge in [-0.2, -0.15) is 0 Å². The number of thioether (sulfide) groups is 1. The largest absolute Gasteiger partial charge is 0.340 e. The molecule has 0 aliphatic carbocycles. The van der Waals surface area contributed by atoms with Crippen LogP contribution in [0, 0.1) is 5.82 Å². The van der Waals surface area contributed by atoms with Gasteiger partial charge in [-0.05, 0) is 39.7 Å². The average molecular weight is 388 g/mol. The SMILES string of the molecule is CN(Cc1cc(Br)cs1)C(=O)CSCc1ccc(F)cc1. The van der Waals surface area contributed by atoms with Crippen molar-refractivity contribution >= 4 is 44.9 Å². The van der Waals surface area contributed by atoms with Crippen LogP contribution in [0.5, 0.6) is 0 Å². The van der Waals surface area contributed by atoms with Gasteiger partial charge in [-0.25, -0.2) is 4.39 Å². The van der Waals surface area contributed by atoms with Gasteiger partial charge in [-0.15, -0.1) is 23.1 Å². The molecule has 1 aromatic carbocycles. The summed E-state index contributed by atoms with van der Waals surface area (Å²) in [7, 11) is 1.81. The molecule has 0 spiro atoms. The van der Waals surface area contributed by atoms with Gasteiger partial charge in [0.05, 0.1) is 12.3 Å². The first kappa shape index (κ1) is 16.5. The van der Waals surface area contributed by atoms with Crippen molar-refractivity contribution < 1.29 is 9.18 Å². The molecule has 0 atom stereocenters. The number of carbonyl (C=O) groups is 1. The molecule has 0 bridgehead atoms. The zero-order valence-corrected chi connectivity index (χ0v) is 14.7. The maximum Gasteiger partial charge on any atom is 0.232 e. The second kappa shape index (κ2) is 7.96. The Morgan fingerprint density at radius 1 is 1.38 bits per heavy atom. The van der Waals surface area contributed by atoms with E-state index in [1.165, 1.54) is 12.1 Å². The Morgan fingerprint density at radius 2 is 2.10 bits per heavy atom. The van der Waals surface area contributed by atoms with E-state index in [2.05, 4.69) is 15.9 Å². The number of halogens is 2. The third-order valence-corrected chi connectivity index (χ3v) is 5.52. The van der Waals surface area contributed by atoms with E-state index in [4.69, 9.17) is 0 Å². The molecule has 1 aromatic heterocycles. The van der Waals surface area contributed by atoms with Crippen LogP contribution in [-0.2, 0) is 17.1 Å². The Hall–Kier alpha value is -0.850. The lowest BCUT2D eigenvalue weighted by molar-refractivity contribution is -0.127. The third kappa shape index (κ3) is 5.45. The highest BCUT2D eigenvalue weighted by Crippen LogP contribution is 2.21. The van der Waals surface area contributed by atoms with Crippen LogP contribution in [0.4, 0.5) is 4.39 Å². The fourth-order valence-electron chi connectivity index (χ4n) is 1.71. The Labute approximate surface area is 140 Å². The predicted octanol–water partition coefficient (Wildman–Crippen LogP) is 4.54. The topological polar surface area (TPSA) is 20.3 Å². The number of amides is 1. The van der Waals surface area contributed by atoms with Crippen molar-refractivity contribution in [2.24, 2.45) is 0 Å². The summed E-state index contributed by atoms with van der Waals surface area (Å²) in [6.45, 7) is 0.631. The quantitative estimate of drug-likeness (QED) is 0.724. The van der Waals surface area contributed by atoms with Crippen molar-refractivity contribution in [3.05, 3.63) is 56.4 Å². The number of hydrogen-bond acceptors (Lipinski definition) is 3. The maximum atomic E-state index is 12.8. The first-order valence-corrected chi connectivity index (χ1v) is 9.16. The summed E-state index contributed by atoms with van der Waals surface area (Å²) in [5, 5.41) is 2.01. The molecule has 1 heterocycles. The highest BCUT2D eigenvalue weighted by Gasteiger charge is 2.10. The molecule has 0 N–H and O–H groups in total. The van der Waals surface area contributed by atoms with Crippen LogP contribution in [0.15, 0.2) is 40.2 Å². The van der Waals surface area contributed by atoms with Crippen LogP contribution in [0.2, 0.25) is 0 Å². The number of carbonyl (C=O) groups excluding carboxylic acids is 1. The van der Waals surface area contributed by atoms with E-state index >= 15 is 0 Å². The van der Waals surface area contributed by atoms with E-state index in [1.807, 2.05) is 18.5 Å². The molecule has 0 aliphatic heterocycles. The molecular weight excluding hydrogens is 373 g/mol. The normalized spacial score (nSPS) is 10.6. The van der Waals surface area contributed by atoms with Gasteiger partial charge in [-0.3, -0.25) is 4.79 Å². The second-order valence-corrected chi connectivity index (χ2v) is 7.50. The summed E-state index contributed by atoms with van der Waals surface area (Å²) < 4.78 is 13.8. The van der Waals surface area contributed by atoms with Crippen LogP contribution < -0.4 is 0 Å². The molecule has 0 fully saturated rings. The Morgan fingerprint density at radius 3 is 2.71 bits per heavy atom. The first-order chi connectivity index (χ1) is 10.0. The summed E-state index contributed by atoms with van der Waals surface area (Å²) in [4.78, 5) is 14.9. The van der Waals surface area contributed by atoms with Crippen molar-refractivity contribution in [3.8, 4) is 0 Å². The number of hydrogen-bond donors (Lipinski definition) is 0. The number of nitrogens with zero attached hydrogens (tertiary/aromatic N) is 1. The highest BCUT2D eigenvalue weighted by atomic mass is 79.9. The lowest BCUT2D eigenvalue weighted by Gasteiger charge is -2.15. The highest BCUT2D eigenvalue weighted by molar-refractivity contribution is 9.10. The summed E-state index contributed by atoms with van der Waals surface area (Å²) in [5.74, 6) is 1.01. The fraction of sp³-hybridized carbons (Fsp3) is 0.267. The molecule has 112 valence electrons. The van der Waals surface area contributed by atoms with Crippen molar-refractivity contribution in [1.82, 2.24) is 4.90 Å². The molecule has 2 rings (SSSR count). The van der Waals surface area contributed by atoms with Crippen LogP contribution in [-0.4, -0.2) is 23.6 Å². The van der Waals surface area contributed by atoms with Gasteiger partial charge >= 0.3 is 0 Å². The molecular formula is C15H15BrFNOS2. The monoisotopic (exact) mass is 387 g/mol. The molecule has 0 saturated carbocycles. The van der Waals surface area contributed by atoms with E-state index in [9.17, 15) is 9.18 Å². The van der Waals surface area contributed by atoms with Crippen LogP contribution in [0.3, 0.4) is 0 Å². The zero-order valence-electron chi connectivity index (χ0n) is 11.5. The number of thiophene rings is 1. The van der Waals surface area contributed by atoms with Gasteiger partial charge in [0.1, 0.15) is 5.82 Å². The predicted molar refractivity (Wildman–Crippen MR) is 91.1 cm³/mol. The van der Waals surface area contributed by atoms with Gasteiger partial charge in [0.15, 0.2) is 0 Å². The second-order valence-electron chi connectivity index (χ2n) is 4.60. The van der Waals surface area contributed by atoms with Crippen LogP contribution in [0.25, 0.3) is 0 Å². The van der Waals surface area contributed by atoms with E-state index < -0.39 is 0 Å². The van der Waals surface area contributed by atoms with Crippen LogP contribution in [0.1, 0.15) is 10.4 Å². The molecule has 21 heavy (non-hydrogen) atoms. The minimum atomic E-state index is -0.235. The third-order valence-electron chi connectivity index (χ3n) is 2.85. The Balaban J connectivity index is 1.74. The molecule has 0 radical (unpaired) electrons. The molecule has 0 aliphatic rings. The number of benzene rings is 1. The first-order valence-electron chi connectivity index (χ1n) is 6.33. The van der Waals surface area contributed by atoms with Gasteiger partial charge in [-0.1, -0.05) is 12.1 Å². The molecule has 2 aromatic rings. The molecule has 0 unspecified atom stereocenters. The Bertz CT molecular complexity index is 600. The van der Waals surface area contributed by atoms with Crippen molar-refractivity contribution in [2.75, 3.05) is 12.8 Å². The Kier molecular flexibility index (Phi) is 6.26. The summed E-state index contributed by atoms with van der Waals surface area (Å²) >= 11 is 6.59. The minimum Gasteiger partial charge on any atom is -0.340 e. The van der Waals surface area contributed by atoms with Gasteiger partial charge in [0.2, 0.25) is 5.91 Å². The fourth-order valence-corrected chi connectivity index (χ4v) is 4.13. The molecule has 2 nitrogen and oxygen atoms in total. The molecule has 1 amide bonds. The van der Waals surface area contributed by atoms with E-state index in [-0.39, 0.29) is 11.7 Å². The smallest absolute Gasteiger partial charge is 0.232 e. The summed E-state index contributed by atoms with van der Waals surface area (Å²) in [6, 6.07) is 8.41. The van der Waals surface area contributed by atoms with E-state index in [0.29, 0.717) is 18.1 Å². The van der Waals surface area contributed by atoms with Crippen molar-refractivity contribution in [2.45, 2.75) is 12.3 Å². The van der Waals surface area contributed by atoms with E-state index in [1.54, 1.807) is 40.1 Å². The summed E-state index contributed by atoms with van der Waals surface area (Å²) in [5.41, 5.74) is 1.03. The van der Waals surface area contributed by atoms with Crippen molar-refractivity contribution in [3.63, 3.8) is 0 Å². The molecule has 0 saturated heterocycles. The van der Waals surface area contributed by atoms with E-state index in [0.717, 1.165) is 14.9 Å². The van der Waals surface area contributed by atoms with Crippen LogP contribution >= 0.6 is 39.0 Å². The summed E-state index contributed by atoms with van der Waals surface area (Å²) in [6.07, 6.45) is 0. The lowest BCUT2D eigenvalue weighted by Crippen LogP contribution is -2.27. The van der Waals surface area contributed by atoms with Gasteiger partial charge in [0, 0.05) is 27.5 Å². The average Bonchev–Trinajstić information content (AvgIpc) is 2.86. The zero-order chi connectivity index (χ0) is 15.2. The standard InChI is InChI=1S/C15H15BrFNOS2/c1-18(7-14-6-12(16)9-21-14)15(19)10-20-8-11-2-4-13(17)5-3-11/h2-6,9H,7-8,10H2,1H3. The maximum absolute atomic E-state index is 12.8. The minimum absolute atomic E-state index is 0.103. The van der Waals surface area contributed by atoms with Gasteiger partial charge < -0.3 is 4.90 Å². The number of rotatable bonds is 6. The molecule has 6 heteroatoms. The van der Waals surface area contributed by atoms with Crippen molar-refractivity contribution in [1.29, 1.82) is 0 Å². The van der Waals surface area contributed by atoms with Gasteiger partial charge in [0.25, 0.3) is 0 Å².